The minimum absolute atomic E-state index is 0.198. The second-order valence-electron chi connectivity index (χ2n) is 5.73. The molecule has 0 saturated heterocycles. The zero-order valence-corrected chi connectivity index (χ0v) is 17.2. The highest BCUT2D eigenvalue weighted by atomic mass is 35.5. The fourth-order valence-electron chi connectivity index (χ4n) is 2.69. The molecule has 3 aromatic carbocycles. The third kappa shape index (κ3) is 4.44. The van der Waals surface area contributed by atoms with Gasteiger partial charge in [0.25, 0.3) is 5.91 Å². The third-order valence-electron chi connectivity index (χ3n) is 3.91. The quantitative estimate of drug-likeness (QED) is 0.526. The van der Waals surface area contributed by atoms with Gasteiger partial charge < -0.3 is 4.74 Å². The number of nitrogens with zero attached hydrogens (tertiary/aromatic N) is 1. The fraction of sp³-hybridized carbons (Fsp3) is 0.0476. The largest absolute Gasteiger partial charge is 0.494 e. The highest BCUT2D eigenvalue weighted by Gasteiger charge is 2.21. The lowest BCUT2D eigenvalue weighted by atomic mass is 10.2. The first kappa shape index (κ1) is 20.1. The van der Waals surface area contributed by atoms with Gasteiger partial charge in [0.15, 0.2) is 5.11 Å². The van der Waals surface area contributed by atoms with Gasteiger partial charge in [-0.1, -0.05) is 59.6 Å². The number of para-hydroxylation sites is 2. The van der Waals surface area contributed by atoms with Crippen LogP contribution in [0.25, 0.3) is 0 Å². The van der Waals surface area contributed by atoms with Crippen molar-refractivity contribution in [3.63, 3.8) is 0 Å². The highest BCUT2D eigenvalue weighted by molar-refractivity contribution is 7.80. The third-order valence-corrected chi connectivity index (χ3v) is 4.69. The zero-order valence-electron chi connectivity index (χ0n) is 14.9. The number of amides is 1. The Bertz CT molecular complexity index is 959. The number of nitrogens with one attached hydrogen (secondary N) is 1. The lowest BCUT2D eigenvalue weighted by Gasteiger charge is -2.25. The standard InChI is InChI=1S/C21H16Cl2N2O2S/c1-27-19-17(12-14(22)13-18(19)23)20(26)24-21(28)25(15-8-4-2-5-9-15)16-10-6-3-7-11-16/h2-13H,1H3,(H,24,26,28). The molecule has 0 atom stereocenters. The van der Waals surface area contributed by atoms with Gasteiger partial charge in [-0.05, 0) is 48.6 Å². The maximum Gasteiger partial charge on any atom is 0.261 e. The summed E-state index contributed by atoms with van der Waals surface area (Å²) in [6.45, 7) is 0. The molecule has 0 aromatic heterocycles. The number of methoxy groups -OCH3 is 1. The number of benzene rings is 3. The van der Waals surface area contributed by atoms with Crippen LogP contribution >= 0.6 is 35.4 Å². The molecule has 7 heteroatoms. The average molecular weight is 431 g/mol. The minimum Gasteiger partial charge on any atom is -0.494 e. The van der Waals surface area contributed by atoms with Crippen molar-refractivity contribution in [1.82, 2.24) is 5.32 Å². The first-order valence-corrected chi connectivity index (χ1v) is 9.46. The molecule has 0 heterocycles. The summed E-state index contributed by atoms with van der Waals surface area (Å²) < 4.78 is 5.26. The zero-order chi connectivity index (χ0) is 20.1. The number of rotatable bonds is 4. The number of thiocarbonyl (C=S) groups is 1. The van der Waals surface area contributed by atoms with Gasteiger partial charge in [-0.3, -0.25) is 15.0 Å². The molecule has 0 radical (unpaired) electrons. The first-order valence-electron chi connectivity index (χ1n) is 8.30. The van der Waals surface area contributed by atoms with E-state index in [0.29, 0.717) is 5.02 Å². The molecule has 142 valence electrons. The first-order chi connectivity index (χ1) is 13.5. The van der Waals surface area contributed by atoms with E-state index in [1.165, 1.54) is 19.2 Å². The van der Waals surface area contributed by atoms with Gasteiger partial charge in [0, 0.05) is 16.4 Å². The number of carbonyl (C=O) groups excluding carboxylic acids is 1. The molecule has 4 nitrogen and oxygen atoms in total. The van der Waals surface area contributed by atoms with Crippen LogP contribution in [0.4, 0.5) is 11.4 Å². The van der Waals surface area contributed by atoms with Gasteiger partial charge in [0.2, 0.25) is 0 Å². The van der Waals surface area contributed by atoms with Crippen LogP contribution < -0.4 is 15.0 Å². The molecule has 0 aliphatic carbocycles. The van der Waals surface area contributed by atoms with Crippen molar-refractivity contribution >= 4 is 57.8 Å². The second-order valence-corrected chi connectivity index (χ2v) is 6.96. The van der Waals surface area contributed by atoms with Gasteiger partial charge >= 0.3 is 0 Å². The Balaban J connectivity index is 1.94. The minimum atomic E-state index is -0.469. The molecule has 0 saturated carbocycles. The maximum absolute atomic E-state index is 12.9. The van der Waals surface area contributed by atoms with Crippen LogP contribution in [0.2, 0.25) is 10.0 Å². The summed E-state index contributed by atoms with van der Waals surface area (Å²) in [6, 6.07) is 22.0. The van der Waals surface area contributed by atoms with E-state index in [4.69, 9.17) is 40.2 Å². The highest BCUT2D eigenvalue weighted by Crippen LogP contribution is 2.32. The summed E-state index contributed by atoms with van der Waals surface area (Å²) in [7, 11) is 1.43. The SMILES string of the molecule is COc1c(Cl)cc(Cl)cc1C(=O)NC(=S)N(c1ccccc1)c1ccccc1. The van der Waals surface area contributed by atoms with Crippen LogP contribution in [0.1, 0.15) is 10.4 Å². The van der Waals surface area contributed by atoms with Gasteiger partial charge in [0.05, 0.1) is 17.7 Å². The second kappa shape index (κ2) is 9.06. The molecule has 28 heavy (non-hydrogen) atoms. The topological polar surface area (TPSA) is 41.6 Å². The van der Waals surface area contributed by atoms with E-state index < -0.39 is 5.91 Å². The number of carbonyl (C=O) groups is 1. The summed E-state index contributed by atoms with van der Waals surface area (Å²) >= 11 is 17.7. The summed E-state index contributed by atoms with van der Waals surface area (Å²) in [4.78, 5) is 14.7. The van der Waals surface area contributed by atoms with Gasteiger partial charge in [-0.2, -0.15) is 0 Å². The number of anilines is 2. The van der Waals surface area contributed by atoms with E-state index in [0.717, 1.165) is 11.4 Å². The van der Waals surface area contributed by atoms with Gasteiger partial charge in [0.1, 0.15) is 5.75 Å². The molecule has 0 aliphatic heterocycles. The lowest BCUT2D eigenvalue weighted by Crippen LogP contribution is -2.40. The maximum atomic E-state index is 12.9. The van der Waals surface area contributed by atoms with Crippen molar-refractivity contribution in [3.05, 3.63) is 88.4 Å². The van der Waals surface area contributed by atoms with Crippen LogP contribution in [0, 0.1) is 0 Å². The molecule has 1 N–H and O–H groups in total. The van der Waals surface area contributed by atoms with Crippen molar-refractivity contribution in [2.75, 3.05) is 12.0 Å². The van der Waals surface area contributed by atoms with Gasteiger partial charge in [-0.25, -0.2) is 0 Å². The van der Waals surface area contributed by atoms with Crippen molar-refractivity contribution in [2.45, 2.75) is 0 Å². The number of ether oxygens (including phenoxy) is 1. The Morgan fingerprint density at radius 3 is 2.00 bits per heavy atom. The smallest absolute Gasteiger partial charge is 0.261 e. The number of halogens is 2. The summed E-state index contributed by atoms with van der Waals surface area (Å²) in [6.07, 6.45) is 0. The normalized spacial score (nSPS) is 10.2. The summed E-state index contributed by atoms with van der Waals surface area (Å²) in [5.41, 5.74) is 1.83. The molecular formula is C21H16Cl2N2O2S. The van der Waals surface area contributed by atoms with Crippen molar-refractivity contribution in [2.24, 2.45) is 0 Å². The van der Waals surface area contributed by atoms with E-state index in [-0.39, 0.29) is 21.4 Å². The van der Waals surface area contributed by atoms with Gasteiger partial charge in [-0.15, -0.1) is 0 Å². The van der Waals surface area contributed by atoms with Crippen LogP contribution in [0.5, 0.6) is 5.75 Å². The fourth-order valence-corrected chi connectivity index (χ4v) is 3.57. The number of hydrogen-bond acceptors (Lipinski definition) is 3. The molecule has 0 aliphatic rings. The molecular weight excluding hydrogens is 415 g/mol. The van der Waals surface area contributed by atoms with E-state index >= 15 is 0 Å². The molecule has 0 bridgehead atoms. The van der Waals surface area contributed by atoms with E-state index in [1.807, 2.05) is 60.7 Å². The summed E-state index contributed by atoms with van der Waals surface area (Å²) in [5, 5.41) is 3.52. The van der Waals surface area contributed by atoms with Crippen molar-refractivity contribution in [1.29, 1.82) is 0 Å². The molecule has 0 unspecified atom stereocenters. The Labute approximate surface area is 178 Å². The Morgan fingerprint density at radius 2 is 1.50 bits per heavy atom. The van der Waals surface area contributed by atoms with E-state index in [1.54, 1.807) is 4.90 Å². The predicted octanol–water partition coefficient (Wildman–Crippen LogP) is 5.86. The monoisotopic (exact) mass is 430 g/mol. The Morgan fingerprint density at radius 1 is 0.964 bits per heavy atom. The molecule has 1 amide bonds. The Kier molecular flexibility index (Phi) is 6.52. The van der Waals surface area contributed by atoms with Crippen LogP contribution in [-0.2, 0) is 0 Å². The summed E-state index contributed by atoms with van der Waals surface area (Å²) in [5.74, 6) is -0.236. The Hall–Kier alpha value is -2.60. The molecule has 0 spiro atoms. The van der Waals surface area contributed by atoms with Crippen LogP contribution in [0.3, 0.4) is 0 Å². The molecule has 0 fully saturated rings. The number of hydrogen-bond donors (Lipinski definition) is 1. The molecule has 3 aromatic rings. The average Bonchev–Trinajstić information content (AvgIpc) is 2.69. The van der Waals surface area contributed by atoms with Crippen LogP contribution in [-0.4, -0.2) is 18.1 Å². The predicted molar refractivity (Wildman–Crippen MR) is 118 cm³/mol. The van der Waals surface area contributed by atoms with Crippen LogP contribution in [0.15, 0.2) is 72.8 Å². The van der Waals surface area contributed by atoms with E-state index in [9.17, 15) is 4.79 Å². The lowest BCUT2D eigenvalue weighted by molar-refractivity contribution is 0.0974. The van der Waals surface area contributed by atoms with Crippen molar-refractivity contribution in [3.8, 4) is 5.75 Å². The van der Waals surface area contributed by atoms with E-state index in [2.05, 4.69) is 5.32 Å². The molecule has 3 rings (SSSR count). The van der Waals surface area contributed by atoms with Crippen molar-refractivity contribution < 1.29 is 9.53 Å².